The van der Waals surface area contributed by atoms with Crippen LogP contribution in [0.3, 0.4) is 0 Å². The Hall–Kier alpha value is -1.55. The third-order valence-electron chi connectivity index (χ3n) is 4.10. The molecule has 1 saturated carbocycles. The van der Waals surface area contributed by atoms with Gasteiger partial charge in [-0.1, -0.05) is 19.3 Å². The first-order valence-electron chi connectivity index (χ1n) is 8.31. The maximum Gasteiger partial charge on any atom is 0.238 e. The molecule has 0 radical (unpaired) electrons. The van der Waals surface area contributed by atoms with Crippen LogP contribution < -0.4 is 10.1 Å². The Morgan fingerprint density at radius 2 is 1.86 bits per heavy atom. The van der Waals surface area contributed by atoms with Gasteiger partial charge in [-0.25, -0.2) is 0 Å². The van der Waals surface area contributed by atoms with Crippen LogP contribution in [0.4, 0.5) is 5.69 Å². The zero-order chi connectivity index (χ0) is 15.9. The molecule has 122 valence electrons. The van der Waals surface area contributed by atoms with Crippen molar-refractivity contribution in [3.05, 3.63) is 24.3 Å². The first-order chi connectivity index (χ1) is 10.5. The summed E-state index contributed by atoms with van der Waals surface area (Å²) in [5.74, 6) is 0.873. The largest absolute Gasteiger partial charge is 0.491 e. The molecule has 22 heavy (non-hydrogen) atoms. The van der Waals surface area contributed by atoms with Gasteiger partial charge in [0.15, 0.2) is 0 Å². The summed E-state index contributed by atoms with van der Waals surface area (Å²) in [6.45, 7) is 4.45. The Morgan fingerprint density at radius 1 is 1.23 bits per heavy atom. The summed E-state index contributed by atoms with van der Waals surface area (Å²) in [5, 5.41) is 2.96. The van der Waals surface area contributed by atoms with Crippen LogP contribution >= 0.6 is 0 Å². The summed E-state index contributed by atoms with van der Waals surface area (Å²) in [7, 11) is 2.05. The smallest absolute Gasteiger partial charge is 0.238 e. The molecule has 1 aromatic carbocycles. The number of anilines is 1. The van der Waals surface area contributed by atoms with E-state index in [0.29, 0.717) is 12.6 Å². The van der Waals surface area contributed by atoms with Crippen molar-refractivity contribution in [2.45, 2.75) is 58.1 Å². The molecule has 1 aliphatic rings. The number of amides is 1. The van der Waals surface area contributed by atoms with Gasteiger partial charge >= 0.3 is 0 Å². The van der Waals surface area contributed by atoms with Gasteiger partial charge in [-0.15, -0.1) is 0 Å². The van der Waals surface area contributed by atoms with Crippen molar-refractivity contribution in [3.63, 3.8) is 0 Å². The van der Waals surface area contributed by atoms with Crippen LogP contribution in [0.5, 0.6) is 5.75 Å². The highest BCUT2D eigenvalue weighted by Gasteiger charge is 2.19. The summed E-state index contributed by atoms with van der Waals surface area (Å²) in [6.07, 6.45) is 6.49. The topological polar surface area (TPSA) is 41.6 Å². The van der Waals surface area contributed by atoms with Crippen LogP contribution in [0.25, 0.3) is 0 Å². The van der Waals surface area contributed by atoms with Crippen molar-refractivity contribution in [2.24, 2.45) is 0 Å². The summed E-state index contributed by atoms with van der Waals surface area (Å²) < 4.78 is 5.60. The molecule has 4 heteroatoms. The van der Waals surface area contributed by atoms with Crippen LogP contribution in [0.2, 0.25) is 0 Å². The lowest BCUT2D eigenvalue weighted by Crippen LogP contribution is -2.39. The number of likely N-dealkylation sites (N-methyl/N-ethyl adjacent to an activating group) is 1. The predicted octanol–water partition coefficient (Wildman–Crippen LogP) is 3.68. The Morgan fingerprint density at radius 3 is 2.45 bits per heavy atom. The maximum absolute atomic E-state index is 12.1. The Labute approximate surface area is 133 Å². The number of carbonyl (C=O) groups excluding carboxylic acids is 1. The van der Waals surface area contributed by atoms with Gasteiger partial charge in [-0.3, -0.25) is 9.69 Å². The SMILES string of the molecule is CC(C)Oc1ccc(NC(=O)CN(C)C2CCCCC2)cc1. The zero-order valence-corrected chi connectivity index (χ0v) is 14.0. The standard InChI is InChI=1S/C18H28N2O2/c1-14(2)22-17-11-9-15(10-12-17)19-18(21)13-20(3)16-7-5-4-6-8-16/h9-12,14,16H,4-8,13H2,1-3H3,(H,19,21). The van der Waals surface area contributed by atoms with Gasteiger partial charge in [0.1, 0.15) is 5.75 Å². The van der Waals surface area contributed by atoms with E-state index in [9.17, 15) is 4.79 Å². The van der Waals surface area contributed by atoms with E-state index in [2.05, 4.69) is 17.3 Å². The van der Waals surface area contributed by atoms with Gasteiger partial charge in [-0.2, -0.15) is 0 Å². The molecule has 1 amide bonds. The van der Waals surface area contributed by atoms with E-state index < -0.39 is 0 Å². The number of nitrogens with zero attached hydrogens (tertiary/aromatic N) is 1. The minimum absolute atomic E-state index is 0.0469. The van der Waals surface area contributed by atoms with Gasteiger partial charge < -0.3 is 10.1 Å². The van der Waals surface area contributed by atoms with Crippen LogP contribution in [-0.4, -0.2) is 36.5 Å². The van der Waals surface area contributed by atoms with E-state index in [0.717, 1.165) is 11.4 Å². The molecule has 1 N–H and O–H groups in total. The van der Waals surface area contributed by atoms with E-state index >= 15 is 0 Å². The van der Waals surface area contributed by atoms with Crippen LogP contribution in [-0.2, 0) is 4.79 Å². The van der Waals surface area contributed by atoms with E-state index in [4.69, 9.17) is 4.74 Å². The molecular formula is C18H28N2O2. The Balaban J connectivity index is 1.80. The fraction of sp³-hybridized carbons (Fsp3) is 0.611. The molecule has 0 unspecified atom stereocenters. The van der Waals surface area contributed by atoms with Crippen molar-refractivity contribution in [3.8, 4) is 5.75 Å². The van der Waals surface area contributed by atoms with Crippen molar-refractivity contribution in [1.29, 1.82) is 0 Å². The minimum atomic E-state index is 0.0469. The molecular weight excluding hydrogens is 276 g/mol. The van der Waals surface area contributed by atoms with E-state index in [-0.39, 0.29) is 12.0 Å². The lowest BCUT2D eigenvalue weighted by molar-refractivity contribution is -0.117. The average Bonchev–Trinajstić information content (AvgIpc) is 2.49. The van der Waals surface area contributed by atoms with Crippen molar-refractivity contribution < 1.29 is 9.53 Å². The molecule has 1 aromatic rings. The lowest BCUT2D eigenvalue weighted by Gasteiger charge is -2.30. The number of benzene rings is 1. The normalized spacial score (nSPS) is 16.0. The second kappa shape index (κ2) is 8.18. The molecule has 0 aliphatic heterocycles. The second-order valence-corrected chi connectivity index (χ2v) is 6.45. The molecule has 1 aliphatic carbocycles. The monoisotopic (exact) mass is 304 g/mol. The van der Waals surface area contributed by atoms with Gasteiger partial charge in [0, 0.05) is 11.7 Å². The molecule has 4 nitrogen and oxygen atoms in total. The highest BCUT2D eigenvalue weighted by molar-refractivity contribution is 5.92. The van der Waals surface area contributed by atoms with Crippen LogP contribution in [0.1, 0.15) is 46.0 Å². The highest BCUT2D eigenvalue weighted by atomic mass is 16.5. The predicted molar refractivity (Wildman–Crippen MR) is 90.3 cm³/mol. The van der Waals surface area contributed by atoms with Crippen molar-refractivity contribution in [2.75, 3.05) is 18.9 Å². The summed E-state index contributed by atoms with van der Waals surface area (Å²) in [4.78, 5) is 14.3. The average molecular weight is 304 g/mol. The molecule has 0 saturated heterocycles. The molecule has 0 heterocycles. The van der Waals surface area contributed by atoms with Gasteiger partial charge in [0.25, 0.3) is 0 Å². The number of ether oxygens (including phenoxy) is 1. The van der Waals surface area contributed by atoms with E-state index in [1.807, 2.05) is 38.1 Å². The van der Waals surface area contributed by atoms with Crippen molar-refractivity contribution >= 4 is 11.6 Å². The second-order valence-electron chi connectivity index (χ2n) is 6.45. The van der Waals surface area contributed by atoms with E-state index in [1.165, 1.54) is 32.1 Å². The van der Waals surface area contributed by atoms with Crippen LogP contribution in [0.15, 0.2) is 24.3 Å². The maximum atomic E-state index is 12.1. The van der Waals surface area contributed by atoms with E-state index in [1.54, 1.807) is 0 Å². The first-order valence-corrected chi connectivity index (χ1v) is 8.31. The number of rotatable bonds is 6. The summed E-state index contributed by atoms with van der Waals surface area (Å²) in [6, 6.07) is 8.11. The first kappa shape index (κ1) is 16.8. The zero-order valence-electron chi connectivity index (χ0n) is 14.0. The minimum Gasteiger partial charge on any atom is -0.491 e. The fourth-order valence-corrected chi connectivity index (χ4v) is 2.97. The molecule has 0 bridgehead atoms. The molecule has 1 fully saturated rings. The third kappa shape index (κ3) is 5.34. The molecule has 0 spiro atoms. The number of carbonyl (C=O) groups is 1. The molecule has 0 atom stereocenters. The highest BCUT2D eigenvalue weighted by Crippen LogP contribution is 2.21. The Kier molecular flexibility index (Phi) is 6.25. The number of hydrogen-bond donors (Lipinski definition) is 1. The van der Waals surface area contributed by atoms with Crippen LogP contribution in [0, 0.1) is 0 Å². The van der Waals surface area contributed by atoms with Gasteiger partial charge in [0.05, 0.1) is 12.6 Å². The number of nitrogens with one attached hydrogen (secondary N) is 1. The quantitative estimate of drug-likeness (QED) is 0.871. The van der Waals surface area contributed by atoms with Gasteiger partial charge in [-0.05, 0) is 58.0 Å². The fourth-order valence-electron chi connectivity index (χ4n) is 2.97. The summed E-state index contributed by atoms with van der Waals surface area (Å²) in [5.41, 5.74) is 0.818. The third-order valence-corrected chi connectivity index (χ3v) is 4.10. The molecule has 2 rings (SSSR count). The van der Waals surface area contributed by atoms with Gasteiger partial charge in [0.2, 0.25) is 5.91 Å². The Bertz CT molecular complexity index is 464. The van der Waals surface area contributed by atoms with Crippen molar-refractivity contribution in [1.82, 2.24) is 4.90 Å². The summed E-state index contributed by atoms with van der Waals surface area (Å²) >= 11 is 0. The lowest BCUT2D eigenvalue weighted by atomic mass is 9.94. The number of hydrogen-bond acceptors (Lipinski definition) is 3. The molecule has 0 aromatic heterocycles.